The summed E-state index contributed by atoms with van der Waals surface area (Å²) in [7, 11) is 0. The monoisotopic (exact) mass is 524 g/mol. The molecule has 0 saturated heterocycles. The minimum Gasteiger partial charge on any atom is -0.506 e. The van der Waals surface area contributed by atoms with Gasteiger partial charge in [0.25, 0.3) is 0 Å². The van der Waals surface area contributed by atoms with Crippen LogP contribution < -0.4 is 11.5 Å². The van der Waals surface area contributed by atoms with E-state index in [2.05, 4.69) is 20.4 Å². The van der Waals surface area contributed by atoms with Gasteiger partial charge in [-0.15, -0.1) is 10.2 Å². The van der Waals surface area contributed by atoms with Crippen LogP contribution in [0.5, 0.6) is 11.5 Å². The Morgan fingerprint density at radius 1 is 0.771 bits per heavy atom. The van der Waals surface area contributed by atoms with Crippen molar-refractivity contribution in [1.82, 2.24) is 0 Å². The van der Waals surface area contributed by atoms with Crippen LogP contribution in [0.15, 0.2) is 56.8 Å². The van der Waals surface area contributed by atoms with Crippen LogP contribution in [0.3, 0.4) is 0 Å². The number of carboxylic acid groups (broad SMARTS) is 2. The van der Waals surface area contributed by atoms with E-state index in [0.717, 1.165) is 0 Å². The zero-order chi connectivity index (χ0) is 25.7. The second-order valence-electron chi connectivity index (χ2n) is 5.87. The topological polar surface area (TPSA) is 248 Å². The minimum atomic E-state index is -1.20. The molecule has 0 bridgehead atoms. The van der Waals surface area contributed by atoms with Crippen molar-refractivity contribution in [2.24, 2.45) is 31.9 Å². The van der Waals surface area contributed by atoms with Crippen molar-refractivity contribution in [2.75, 3.05) is 12.5 Å². The van der Waals surface area contributed by atoms with E-state index < -0.39 is 11.9 Å². The van der Waals surface area contributed by atoms with Gasteiger partial charge >= 0.3 is 11.9 Å². The van der Waals surface area contributed by atoms with Gasteiger partial charge in [0, 0.05) is 11.1 Å². The Morgan fingerprint density at radius 2 is 1.11 bits per heavy atom. The predicted molar refractivity (Wildman–Crippen MR) is 139 cm³/mol. The number of benzene rings is 2. The zero-order valence-electron chi connectivity index (χ0n) is 18.5. The van der Waals surface area contributed by atoms with E-state index in [1.165, 1.54) is 72.4 Å². The molecule has 0 aromatic heterocycles. The van der Waals surface area contributed by atoms with E-state index in [0.29, 0.717) is 0 Å². The molecule has 0 saturated carbocycles. The molecular weight excluding hydrogens is 500 g/mol. The van der Waals surface area contributed by atoms with Gasteiger partial charge in [-0.2, -0.15) is 10.2 Å². The highest BCUT2D eigenvalue weighted by atomic mass is 32.2. The van der Waals surface area contributed by atoms with Gasteiger partial charge in [-0.05, 0) is 36.8 Å². The van der Waals surface area contributed by atoms with Gasteiger partial charge in [0.2, 0.25) is 0 Å². The molecule has 0 spiro atoms. The number of aromatic hydroxyl groups is 2. The standard InChI is InChI=1S/2C10H11N3O3S.H2O/c2*1-17-10(11)13-12-5-6-3-2-4-7(8(6)14)9(15)16;/h2*2-5,14H,1H3,(H2,11,13)(H,15,16);1H2/b2*12-5+;. The second kappa shape index (κ2) is 15.7. The lowest BCUT2D eigenvalue weighted by molar-refractivity contribution is 0.0682. The average molecular weight is 525 g/mol. The first kappa shape index (κ1) is 30.9. The van der Waals surface area contributed by atoms with E-state index in [-0.39, 0.29) is 49.6 Å². The molecule has 2 aromatic carbocycles. The normalized spacial score (nSPS) is 11.6. The van der Waals surface area contributed by atoms with Crippen molar-refractivity contribution >= 4 is 58.2 Å². The van der Waals surface area contributed by atoms with Gasteiger partial charge in [0.15, 0.2) is 10.3 Å². The molecule has 0 amide bonds. The maximum absolute atomic E-state index is 10.7. The lowest BCUT2D eigenvalue weighted by atomic mass is 10.1. The number of aromatic carboxylic acids is 2. The fourth-order valence-electron chi connectivity index (χ4n) is 2.05. The Hall–Kier alpha value is -4.08. The smallest absolute Gasteiger partial charge is 0.339 e. The first-order chi connectivity index (χ1) is 16.1. The Bertz CT molecular complexity index is 1060. The number of carboxylic acids is 2. The number of nitrogens with two attached hydrogens (primary N) is 2. The highest BCUT2D eigenvalue weighted by molar-refractivity contribution is 8.13. The van der Waals surface area contributed by atoms with Gasteiger partial charge in [-0.1, -0.05) is 35.7 Å². The quantitative estimate of drug-likeness (QED) is 0.180. The average Bonchev–Trinajstić information content (AvgIpc) is 2.81. The van der Waals surface area contributed by atoms with Gasteiger partial charge in [-0.3, -0.25) is 0 Å². The Kier molecular flexibility index (Phi) is 13.9. The molecule has 188 valence electrons. The van der Waals surface area contributed by atoms with Gasteiger partial charge < -0.3 is 37.4 Å². The SMILES string of the molecule is CS/C(N)=N/N=C/c1cccc(C(=O)O)c1O.CS/C(N)=N/N=C/c1cccc(C(=O)O)c1O.O. The summed E-state index contributed by atoms with van der Waals surface area (Å²) >= 11 is 2.46. The molecule has 0 fully saturated rings. The van der Waals surface area contributed by atoms with Crippen LogP contribution in [0.4, 0.5) is 0 Å². The summed E-state index contributed by atoms with van der Waals surface area (Å²) < 4.78 is 0. The number of carbonyl (C=O) groups is 2. The highest BCUT2D eigenvalue weighted by Crippen LogP contribution is 2.21. The maximum Gasteiger partial charge on any atom is 0.339 e. The third kappa shape index (κ3) is 10.2. The molecule has 0 radical (unpaired) electrons. The molecule has 10 N–H and O–H groups in total. The molecule has 0 aliphatic rings. The molecule has 2 rings (SSSR count). The Balaban J connectivity index is 0.000000642. The first-order valence-electron chi connectivity index (χ1n) is 9.03. The van der Waals surface area contributed by atoms with Crippen molar-refractivity contribution in [3.8, 4) is 11.5 Å². The number of rotatable bonds is 6. The number of phenols is 2. The van der Waals surface area contributed by atoms with Crippen molar-refractivity contribution in [1.29, 1.82) is 0 Å². The summed E-state index contributed by atoms with van der Waals surface area (Å²) in [6.07, 6.45) is 5.98. The molecule has 2 aromatic rings. The zero-order valence-corrected chi connectivity index (χ0v) is 20.1. The van der Waals surface area contributed by atoms with Crippen molar-refractivity contribution < 1.29 is 35.5 Å². The molecular formula is C20H24N6O7S2. The van der Waals surface area contributed by atoms with Crippen LogP contribution in [-0.4, -0.2) is 73.1 Å². The van der Waals surface area contributed by atoms with Crippen LogP contribution >= 0.6 is 23.5 Å². The molecule has 0 aliphatic heterocycles. The van der Waals surface area contributed by atoms with E-state index in [9.17, 15) is 19.8 Å². The summed E-state index contributed by atoms with van der Waals surface area (Å²) in [5, 5.41) is 51.9. The van der Waals surface area contributed by atoms with Crippen LogP contribution in [0, 0.1) is 0 Å². The Labute approximate surface area is 208 Å². The van der Waals surface area contributed by atoms with Crippen molar-refractivity contribution in [2.45, 2.75) is 0 Å². The lowest BCUT2D eigenvalue weighted by Crippen LogP contribution is -2.04. The van der Waals surface area contributed by atoms with Gasteiger partial charge in [0.05, 0.1) is 12.4 Å². The summed E-state index contributed by atoms with van der Waals surface area (Å²) in [5.41, 5.74) is 11.0. The second-order valence-corrected chi connectivity index (χ2v) is 7.52. The fraction of sp³-hybridized carbons (Fsp3) is 0.100. The number of para-hydroxylation sites is 2. The lowest BCUT2D eigenvalue weighted by Gasteiger charge is -2.01. The van der Waals surface area contributed by atoms with Crippen LogP contribution in [-0.2, 0) is 0 Å². The summed E-state index contributed by atoms with van der Waals surface area (Å²) in [6.45, 7) is 0. The number of nitrogens with zero attached hydrogens (tertiary/aromatic N) is 4. The molecule has 0 aliphatic carbocycles. The summed E-state index contributed by atoms with van der Waals surface area (Å²) in [5.74, 6) is -3.10. The third-order valence-corrected chi connectivity index (χ3v) is 4.72. The maximum atomic E-state index is 10.7. The van der Waals surface area contributed by atoms with Crippen molar-refractivity contribution in [3.05, 3.63) is 58.7 Å². The van der Waals surface area contributed by atoms with Crippen LogP contribution in [0.1, 0.15) is 31.8 Å². The fourth-order valence-corrected chi connectivity index (χ4v) is 2.31. The largest absolute Gasteiger partial charge is 0.506 e. The third-order valence-electron chi connectivity index (χ3n) is 3.72. The number of amidine groups is 2. The number of hydrogen-bond acceptors (Lipinski definition) is 10. The predicted octanol–water partition coefficient (Wildman–Crippen LogP) is 1.38. The molecule has 0 atom stereocenters. The van der Waals surface area contributed by atoms with E-state index >= 15 is 0 Å². The molecule has 0 heterocycles. The van der Waals surface area contributed by atoms with E-state index in [4.69, 9.17) is 21.7 Å². The van der Waals surface area contributed by atoms with Gasteiger partial charge in [0.1, 0.15) is 22.6 Å². The van der Waals surface area contributed by atoms with Crippen LogP contribution in [0.2, 0.25) is 0 Å². The summed E-state index contributed by atoms with van der Waals surface area (Å²) in [6, 6.07) is 8.66. The molecule has 35 heavy (non-hydrogen) atoms. The van der Waals surface area contributed by atoms with Crippen molar-refractivity contribution in [3.63, 3.8) is 0 Å². The molecule has 13 nitrogen and oxygen atoms in total. The number of hydrogen-bond donors (Lipinski definition) is 6. The molecule has 0 unspecified atom stereocenters. The highest BCUT2D eigenvalue weighted by Gasteiger charge is 2.12. The van der Waals surface area contributed by atoms with E-state index in [1.807, 2.05) is 0 Å². The minimum absolute atomic E-state index is 0. The number of thioether (sulfide) groups is 2. The van der Waals surface area contributed by atoms with Gasteiger partial charge in [-0.25, -0.2) is 9.59 Å². The van der Waals surface area contributed by atoms with E-state index in [1.54, 1.807) is 12.5 Å². The Morgan fingerprint density at radius 3 is 1.40 bits per heavy atom. The summed E-state index contributed by atoms with van der Waals surface area (Å²) in [4.78, 5) is 21.5. The first-order valence-corrected chi connectivity index (χ1v) is 11.5. The van der Waals surface area contributed by atoms with Crippen LogP contribution in [0.25, 0.3) is 0 Å². The molecule has 15 heteroatoms.